The van der Waals surface area contributed by atoms with Gasteiger partial charge in [0.25, 0.3) is 0 Å². The minimum atomic E-state index is 0.475. The van der Waals surface area contributed by atoms with Gasteiger partial charge in [0.2, 0.25) is 0 Å². The van der Waals surface area contributed by atoms with Crippen LogP contribution in [0.2, 0.25) is 0 Å². The minimum Gasteiger partial charge on any atom is -0.370 e. The number of hydrogen-bond acceptors (Lipinski definition) is 3. The molecule has 0 radical (unpaired) electrons. The van der Waals surface area contributed by atoms with E-state index in [1.165, 1.54) is 11.3 Å². The molecular formula is C17H23N3. The fraction of sp³-hybridized carbons (Fsp3) is 0.353. The number of rotatable bonds is 6. The molecule has 0 atom stereocenters. The molecule has 20 heavy (non-hydrogen) atoms. The van der Waals surface area contributed by atoms with Gasteiger partial charge < -0.3 is 10.2 Å². The van der Waals surface area contributed by atoms with Crippen molar-refractivity contribution >= 4 is 5.69 Å². The van der Waals surface area contributed by atoms with Crippen LogP contribution >= 0.6 is 0 Å². The first-order chi connectivity index (χ1) is 9.65. The molecule has 0 saturated heterocycles. The number of anilines is 1. The van der Waals surface area contributed by atoms with Crippen LogP contribution in [0.15, 0.2) is 48.7 Å². The lowest BCUT2D eigenvalue weighted by Gasteiger charge is -2.20. The predicted molar refractivity (Wildman–Crippen MR) is 84.8 cm³/mol. The van der Waals surface area contributed by atoms with Gasteiger partial charge in [0, 0.05) is 38.1 Å². The highest BCUT2D eigenvalue weighted by atomic mass is 15.1. The van der Waals surface area contributed by atoms with Gasteiger partial charge in [0.15, 0.2) is 0 Å². The van der Waals surface area contributed by atoms with E-state index < -0.39 is 0 Å². The number of nitrogens with zero attached hydrogens (tertiary/aromatic N) is 2. The summed E-state index contributed by atoms with van der Waals surface area (Å²) in [5, 5.41) is 3.40. The number of aromatic nitrogens is 1. The molecule has 1 heterocycles. The first-order valence-corrected chi connectivity index (χ1v) is 7.08. The van der Waals surface area contributed by atoms with E-state index in [4.69, 9.17) is 0 Å². The number of nitrogens with one attached hydrogen (secondary N) is 1. The third-order valence-corrected chi connectivity index (χ3v) is 3.19. The molecule has 2 rings (SSSR count). The van der Waals surface area contributed by atoms with Crippen molar-refractivity contribution < 1.29 is 0 Å². The minimum absolute atomic E-state index is 0.475. The van der Waals surface area contributed by atoms with Crippen molar-refractivity contribution in [1.82, 2.24) is 10.3 Å². The summed E-state index contributed by atoms with van der Waals surface area (Å²) in [6.45, 7) is 6.00. The molecule has 0 saturated carbocycles. The molecule has 1 aromatic carbocycles. The predicted octanol–water partition coefficient (Wildman–Crippen LogP) is 3.22. The van der Waals surface area contributed by atoms with Gasteiger partial charge in [-0.3, -0.25) is 4.98 Å². The fourth-order valence-electron chi connectivity index (χ4n) is 2.06. The number of hydrogen-bond donors (Lipinski definition) is 1. The maximum absolute atomic E-state index is 4.41. The Morgan fingerprint density at radius 2 is 1.90 bits per heavy atom. The van der Waals surface area contributed by atoms with Gasteiger partial charge in [-0.15, -0.1) is 0 Å². The molecule has 0 aliphatic rings. The largest absolute Gasteiger partial charge is 0.370 e. The van der Waals surface area contributed by atoms with Gasteiger partial charge >= 0.3 is 0 Å². The molecule has 2 aromatic rings. The molecule has 1 aromatic heterocycles. The van der Waals surface area contributed by atoms with E-state index in [2.05, 4.69) is 72.5 Å². The average Bonchev–Trinajstić information content (AvgIpc) is 2.46. The molecule has 106 valence electrons. The van der Waals surface area contributed by atoms with Crippen molar-refractivity contribution in [2.24, 2.45) is 0 Å². The van der Waals surface area contributed by atoms with Crippen LogP contribution in [-0.4, -0.2) is 18.1 Å². The van der Waals surface area contributed by atoms with Crippen molar-refractivity contribution in [3.63, 3.8) is 0 Å². The summed E-state index contributed by atoms with van der Waals surface area (Å²) in [5.74, 6) is 0. The molecule has 3 heteroatoms. The molecule has 0 fully saturated rings. The Hall–Kier alpha value is -1.87. The quantitative estimate of drug-likeness (QED) is 0.872. The van der Waals surface area contributed by atoms with E-state index in [1.807, 2.05) is 12.3 Å². The Morgan fingerprint density at radius 3 is 2.60 bits per heavy atom. The SMILES string of the molecule is CC(C)NCc1cc(N(C)Cc2ccccc2)ccn1. The molecule has 0 aliphatic carbocycles. The van der Waals surface area contributed by atoms with Crippen LogP contribution in [0.5, 0.6) is 0 Å². The van der Waals surface area contributed by atoms with E-state index in [0.717, 1.165) is 18.8 Å². The third kappa shape index (κ3) is 4.35. The standard InChI is InChI=1S/C17H23N3/c1-14(2)19-12-16-11-17(9-10-18-16)20(3)13-15-7-5-4-6-8-15/h4-11,14,19H,12-13H2,1-3H3. The van der Waals surface area contributed by atoms with Crippen molar-refractivity contribution in [2.45, 2.75) is 33.0 Å². The van der Waals surface area contributed by atoms with E-state index in [9.17, 15) is 0 Å². The summed E-state index contributed by atoms with van der Waals surface area (Å²) in [5.41, 5.74) is 3.59. The topological polar surface area (TPSA) is 28.2 Å². The van der Waals surface area contributed by atoms with E-state index in [-0.39, 0.29) is 0 Å². The van der Waals surface area contributed by atoms with Gasteiger partial charge in [-0.25, -0.2) is 0 Å². The molecule has 1 N–H and O–H groups in total. The Balaban J connectivity index is 2.02. The normalized spacial score (nSPS) is 10.8. The Labute approximate surface area is 121 Å². The van der Waals surface area contributed by atoms with E-state index >= 15 is 0 Å². The summed E-state index contributed by atoms with van der Waals surface area (Å²) in [7, 11) is 2.11. The van der Waals surface area contributed by atoms with Crippen LogP contribution in [-0.2, 0) is 13.1 Å². The second-order valence-corrected chi connectivity index (χ2v) is 5.38. The monoisotopic (exact) mass is 269 g/mol. The maximum Gasteiger partial charge on any atom is 0.0562 e. The van der Waals surface area contributed by atoms with Crippen LogP contribution < -0.4 is 10.2 Å². The Morgan fingerprint density at radius 1 is 1.15 bits per heavy atom. The molecule has 0 aliphatic heterocycles. The second kappa shape index (κ2) is 7.06. The zero-order valence-corrected chi connectivity index (χ0v) is 12.5. The molecular weight excluding hydrogens is 246 g/mol. The zero-order chi connectivity index (χ0) is 14.4. The smallest absolute Gasteiger partial charge is 0.0562 e. The van der Waals surface area contributed by atoms with Crippen LogP contribution in [0.1, 0.15) is 25.1 Å². The van der Waals surface area contributed by atoms with Crippen molar-refractivity contribution in [2.75, 3.05) is 11.9 Å². The second-order valence-electron chi connectivity index (χ2n) is 5.38. The Bertz CT molecular complexity index is 523. The van der Waals surface area contributed by atoms with Crippen molar-refractivity contribution in [3.8, 4) is 0 Å². The average molecular weight is 269 g/mol. The highest BCUT2D eigenvalue weighted by Gasteiger charge is 2.04. The molecule has 0 amide bonds. The van der Waals surface area contributed by atoms with Crippen LogP contribution in [0.25, 0.3) is 0 Å². The van der Waals surface area contributed by atoms with Gasteiger partial charge in [-0.1, -0.05) is 44.2 Å². The highest BCUT2D eigenvalue weighted by molar-refractivity contribution is 5.46. The van der Waals surface area contributed by atoms with Gasteiger partial charge in [0.1, 0.15) is 0 Å². The van der Waals surface area contributed by atoms with E-state index in [1.54, 1.807) is 0 Å². The summed E-state index contributed by atoms with van der Waals surface area (Å²) >= 11 is 0. The Kier molecular flexibility index (Phi) is 5.13. The first-order valence-electron chi connectivity index (χ1n) is 7.08. The lowest BCUT2D eigenvalue weighted by molar-refractivity contribution is 0.581. The van der Waals surface area contributed by atoms with Gasteiger partial charge in [-0.05, 0) is 17.7 Å². The molecule has 3 nitrogen and oxygen atoms in total. The summed E-state index contributed by atoms with van der Waals surface area (Å²) in [6, 6.07) is 15.2. The van der Waals surface area contributed by atoms with Crippen molar-refractivity contribution in [3.05, 3.63) is 59.9 Å². The van der Waals surface area contributed by atoms with Gasteiger partial charge in [-0.2, -0.15) is 0 Å². The van der Waals surface area contributed by atoms with Crippen LogP contribution in [0, 0.1) is 0 Å². The first kappa shape index (κ1) is 14.5. The van der Waals surface area contributed by atoms with Crippen LogP contribution in [0.3, 0.4) is 0 Å². The number of benzene rings is 1. The summed E-state index contributed by atoms with van der Waals surface area (Å²) in [6.07, 6.45) is 1.88. The third-order valence-electron chi connectivity index (χ3n) is 3.19. The summed E-state index contributed by atoms with van der Waals surface area (Å²) in [4.78, 5) is 6.66. The molecule has 0 unspecified atom stereocenters. The highest BCUT2D eigenvalue weighted by Crippen LogP contribution is 2.15. The lowest BCUT2D eigenvalue weighted by Crippen LogP contribution is -2.23. The zero-order valence-electron chi connectivity index (χ0n) is 12.5. The van der Waals surface area contributed by atoms with E-state index in [0.29, 0.717) is 6.04 Å². The maximum atomic E-state index is 4.41. The van der Waals surface area contributed by atoms with Crippen LogP contribution in [0.4, 0.5) is 5.69 Å². The molecule has 0 bridgehead atoms. The fourth-order valence-corrected chi connectivity index (χ4v) is 2.06. The number of pyridine rings is 1. The molecule has 0 spiro atoms. The van der Waals surface area contributed by atoms with Crippen molar-refractivity contribution in [1.29, 1.82) is 0 Å². The van der Waals surface area contributed by atoms with Gasteiger partial charge in [0.05, 0.1) is 5.69 Å². The lowest BCUT2D eigenvalue weighted by atomic mass is 10.2. The summed E-state index contributed by atoms with van der Waals surface area (Å²) < 4.78 is 0.